The minimum Gasteiger partial charge on any atom is -0.507 e. The molecule has 306 valence electrons. The third-order valence-corrected chi connectivity index (χ3v) is 12.2. The molecule has 0 spiro atoms. The molecule has 4 atom stereocenters. The lowest BCUT2D eigenvalue weighted by molar-refractivity contribution is -0.135. The van der Waals surface area contributed by atoms with Gasteiger partial charge in [0.2, 0.25) is 5.91 Å². The van der Waals surface area contributed by atoms with Crippen LogP contribution in [0.25, 0.3) is 43.9 Å². The molecule has 0 aliphatic carbocycles. The van der Waals surface area contributed by atoms with Gasteiger partial charge in [-0.15, -0.1) is 11.3 Å². The van der Waals surface area contributed by atoms with E-state index in [1.165, 1.54) is 18.4 Å². The van der Waals surface area contributed by atoms with Crippen molar-refractivity contribution in [1.82, 2.24) is 45.4 Å². The lowest BCUT2D eigenvalue weighted by Gasteiger charge is -2.29. The number of likely N-dealkylation sites (tertiary alicyclic amines) is 2. The number of nitrogens with one attached hydrogen (secondary N) is 5. The Balaban J connectivity index is 0.992. The molecule has 2 aliphatic heterocycles. The number of alkyl carbamates (subject to hydrolysis) is 1. The number of ether oxygens (including phenoxy) is 1. The molecule has 4 amide bonds. The molecule has 2 saturated heterocycles. The molecule has 0 saturated carbocycles. The van der Waals surface area contributed by atoms with Gasteiger partial charge in [-0.3, -0.25) is 9.59 Å². The van der Waals surface area contributed by atoms with E-state index in [9.17, 15) is 29.4 Å². The Morgan fingerprint density at radius 3 is 2.17 bits per heavy atom. The first-order valence-corrected chi connectivity index (χ1v) is 20.4. The average Bonchev–Trinajstić information content (AvgIpc) is 4.08. The number of carbonyl (C=O) groups is 4. The molecule has 2 fully saturated rings. The molecule has 2 aromatic carbocycles. The van der Waals surface area contributed by atoms with Crippen LogP contribution in [0.2, 0.25) is 0 Å². The zero-order valence-corrected chi connectivity index (χ0v) is 33.5. The van der Waals surface area contributed by atoms with E-state index in [0.717, 1.165) is 39.9 Å². The average molecular weight is 820 g/mol. The zero-order valence-electron chi connectivity index (χ0n) is 32.7. The largest absolute Gasteiger partial charge is 0.507 e. The number of phenolic OH excluding ortho intramolecular Hbond substituents is 1. The number of carboxylic acid groups (broad SMARTS) is 1. The number of phenols is 1. The molecular weight excluding hydrogens is 775 g/mol. The number of nitrogens with zero attached hydrogens (tertiary/aromatic N) is 4. The smallest absolute Gasteiger partial charge is 0.407 e. The fourth-order valence-corrected chi connectivity index (χ4v) is 9.32. The minimum absolute atomic E-state index is 0.0806. The molecule has 2 aliphatic rings. The number of thiophene rings is 1. The summed E-state index contributed by atoms with van der Waals surface area (Å²) in [4.78, 5) is 74.0. The van der Waals surface area contributed by atoms with E-state index in [0.29, 0.717) is 60.0 Å². The Labute approximate surface area is 343 Å². The van der Waals surface area contributed by atoms with Gasteiger partial charge >= 0.3 is 12.2 Å². The summed E-state index contributed by atoms with van der Waals surface area (Å²) in [6.07, 6.45) is 6.37. The highest BCUT2D eigenvalue weighted by molar-refractivity contribution is 7.18. The van der Waals surface area contributed by atoms with Crippen LogP contribution in [0.1, 0.15) is 74.9 Å². The van der Waals surface area contributed by atoms with Crippen LogP contribution in [-0.4, -0.2) is 95.2 Å². The van der Waals surface area contributed by atoms with Gasteiger partial charge in [0.05, 0.1) is 53.2 Å². The maximum absolute atomic E-state index is 14.0. The van der Waals surface area contributed by atoms with Gasteiger partial charge in [0.1, 0.15) is 29.5 Å². The second-order valence-electron chi connectivity index (χ2n) is 15.2. The van der Waals surface area contributed by atoms with Crippen LogP contribution >= 0.6 is 11.3 Å². The maximum Gasteiger partial charge on any atom is 0.407 e. The van der Waals surface area contributed by atoms with E-state index in [4.69, 9.17) is 9.72 Å². The lowest BCUT2D eigenvalue weighted by atomic mass is 10.0. The number of aromatic nitrogens is 5. The third-order valence-electron chi connectivity index (χ3n) is 11.2. The fraction of sp³-hybridized carbons (Fsp3) is 0.333. The second kappa shape index (κ2) is 16.3. The Hall–Kier alpha value is -6.62. The molecular formula is C42H45N9O7S. The van der Waals surface area contributed by atoms with E-state index in [-0.39, 0.29) is 35.6 Å². The van der Waals surface area contributed by atoms with Crippen molar-refractivity contribution >= 4 is 45.6 Å². The topological polar surface area (TPSA) is 222 Å². The molecule has 6 heterocycles. The van der Waals surface area contributed by atoms with Gasteiger partial charge < -0.3 is 50.3 Å². The first kappa shape index (κ1) is 39.2. The number of amides is 4. The van der Waals surface area contributed by atoms with Crippen LogP contribution in [0, 0.1) is 5.92 Å². The van der Waals surface area contributed by atoms with Crippen molar-refractivity contribution in [3.8, 4) is 39.4 Å². The molecule has 59 heavy (non-hydrogen) atoms. The van der Waals surface area contributed by atoms with Crippen molar-refractivity contribution in [2.24, 2.45) is 5.92 Å². The Kier molecular flexibility index (Phi) is 10.9. The number of benzene rings is 2. The number of methoxy groups -OCH3 is 1. The second-order valence-corrected chi connectivity index (χ2v) is 16.1. The van der Waals surface area contributed by atoms with Crippen LogP contribution < -0.4 is 10.6 Å². The quantitative estimate of drug-likeness (QED) is 0.0708. The summed E-state index contributed by atoms with van der Waals surface area (Å²) < 4.78 is 5.80. The van der Waals surface area contributed by atoms with Crippen molar-refractivity contribution in [2.45, 2.75) is 63.7 Å². The van der Waals surface area contributed by atoms with Gasteiger partial charge in [0.15, 0.2) is 0 Å². The van der Waals surface area contributed by atoms with Gasteiger partial charge in [-0.2, -0.15) is 0 Å². The van der Waals surface area contributed by atoms with Crippen molar-refractivity contribution in [3.05, 3.63) is 89.7 Å². The predicted molar refractivity (Wildman–Crippen MR) is 220 cm³/mol. The van der Waals surface area contributed by atoms with E-state index in [2.05, 4.69) is 30.6 Å². The summed E-state index contributed by atoms with van der Waals surface area (Å²) in [5, 5.41) is 27.7. The highest BCUT2D eigenvalue weighted by Crippen LogP contribution is 2.43. The molecule has 6 aromatic rings. The summed E-state index contributed by atoms with van der Waals surface area (Å²) in [6.45, 7) is 4.64. The van der Waals surface area contributed by atoms with Crippen LogP contribution in [0.5, 0.6) is 5.75 Å². The molecule has 4 aromatic heterocycles. The number of aromatic hydroxyl groups is 1. The van der Waals surface area contributed by atoms with Crippen LogP contribution in [0.3, 0.4) is 0 Å². The van der Waals surface area contributed by atoms with Crippen LogP contribution in [-0.2, 0) is 14.3 Å². The number of fused-ring (bicyclic) bond motifs is 1. The summed E-state index contributed by atoms with van der Waals surface area (Å²) in [5.41, 5.74) is 6.06. The summed E-state index contributed by atoms with van der Waals surface area (Å²) >= 11 is 1.54. The van der Waals surface area contributed by atoms with Crippen molar-refractivity contribution in [1.29, 1.82) is 0 Å². The predicted octanol–water partition coefficient (Wildman–Crippen LogP) is 7.10. The van der Waals surface area contributed by atoms with Crippen LogP contribution in [0.15, 0.2) is 72.5 Å². The fourth-order valence-electron chi connectivity index (χ4n) is 8.26. The summed E-state index contributed by atoms with van der Waals surface area (Å²) in [7, 11) is 1.27. The summed E-state index contributed by atoms with van der Waals surface area (Å²) in [5.74, 6) is 0.596. The highest BCUT2D eigenvalue weighted by atomic mass is 32.1. The molecule has 16 nitrogen and oxygen atoms in total. The molecule has 8 rings (SSSR count). The Bertz CT molecular complexity index is 2510. The zero-order chi connectivity index (χ0) is 41.4. The first-order chi connectivity index (χ1) is 28.5. The van der Waals surface area contributed by atoms with Gasteiger partial charge in [-0.25, -0.2) is 19.6 Å². The van der Waals surface area contributed by atoms with Gasteiger partial charge in [-0.1, -0.05) is 50.2 Å². The van der Waals surface area contributed by atoms with E-state index >= 15 is 0 Å². The molecule has 0 bridgehead atoms. The number of aromatic amines is 3. The maximum atomic E-state index is 14.0. The van der Waals surface area contributed by atoms with Crippen molar-refractivity contribution in [2.75, 3.05) is 20.2 Å². The van der Waals surface area contributed by atoms with E-state index < -0.39 is 24.3 Å². The normalized spacial score (nSPS) is 17.7. The number of hydrogen-bond donors (Lipinski definition) is 7. The number of hydrogen-bond acceptors (Lipinski definition) is 9. The van der Waals surface area contributed by atoms with Crippen LogP contribution in [0.4, 0.5) is 9.59 Å². The number of H-pyrrole nitrogens is 3. The van der Waals surface area contributed by atoms with E-state index in [1.807, 2.05) is 55.8 Å². The molecule has 17 heteroatoms. The lowest BCUT2D eigenvalue weighted by Crippen LogP contribution is -2.50. The van der Waals surface area contributed by atoms with E-state index in [1.54, 1.807) is 40.4 Å². The SMILES string of the molecule is COC(=O)N[C@@H](C(=O)N1CCCC1c1ncc(-c2c[nH]c3c(-c4ccc(-c5cnc(C6CCCN6C(=O)[C@@H](NC(=O)O)C(C)C)[nH]5)cc4O)csc23)[nH]1)c1ccccc1. The summed E-state index contributed by atoms with van der Waals surface area (Å²) in [6, 6.07) is 12.1. The number of carbonyl (C=O) groups excluding carboxylic acids is 3. The monoisotopic (exact) mass is 819 g/mol. The third kappa shape index (κ3) is 7.60. The number of imidazole rings is 2. The highest BCUT2D eigenvalue weighted by Gasteiger charge is 2.39. The van der Waals surface area contributed by atoms with Gasteiger partial charge in [-0.05, 0) is 49.3 Å². The van der Waals surface area contributed by atoms with Crippen molar-refractivity contribution < 1.29 is 34.1 Å². The molecule has 2 unspecified atom stereocenters. The minimum atomic E-state index is -1.24. The van der Waals surface area contributed by atoms with Crippen molar-refractivity contribution in [3.63, 3.8) is 0 Å². The standard InChI is InChI=1S/C42H45N9O7S/c1-22(2)33(48-41(55)56)39(53)50-15-7-11-30(50)37-44-19-28(46-37)24-13-14-25(32(52)17-24)27-21-59-36-26(18-43-35(27)36)29-20-45-38(47-29)31-12-8-16-51(31)40(54)34(49-42(57)58-3)23-9-5-4-6-10-23/h4-6,9-10,13-14,17-22,30-31,33-34,43,48,52H,7-8,11-12,15-16H2,1-3H3,(H,44,46)(H,45,47)(H,49,57)(H,55,56)/t30?,31?,33-,34+/m0/s1. The van der Waals surface area contributed by atoms with Gasteiger partial charge in [0, 0.05) is 46.9 Å². The van der Waals surface area contributed by atoms with Gasteiger partial charge in [0.25, 0.3) is 5.91 Å². The Morgan fingerprint density at radius 1 is 0.864 bits per heavy atom. The Morgan fingerprint density at radius 2 is 1.53 bits per heavy atom. The first-order valence-electron chi connectivity index (χ1n) is 19.5. The number of rotatable bonds is 11. The molecule has 0 radical (unpaired) electrons. The molecule has 7 N–H and O–H groups in total.